The van der Waals surface area contributed by atoms with E-state index in [-0.39, 0.29) is 0 Å². The Bertz CT molecular complexity index is 286. The lowest BCUT2D eigenvalue weighted by Crippen LogP contribution is -2.16. The zero-order valence-corrected chi connectivity index (χ0v) is 17.8. The Balaban J connectivity index is 3.04. The molecule has 0 bridgehead atoms. The van der Waals surface area contributed by atoms with Gasteiger partial charge in [0.25, 0.3) is 0 Å². The lowest BCUT2D eigenvalue weighted by atomic mass is 10.0. The molecule has 0 unspecified atom stereocenters. The van der Waals surface area contributed by atoms with Crippen molar-refractivity contribution >= 4 is 8.41 Å². The van der Waals surface area contributed by atoms with E-state index in [2.05, 4.69) is 6.58 Å². The molecule has 0 aromatic rings. The van der Waals surface area contributed by atoms with Gasteiger partial charge in [-0.05, 0) is 32.5 Å². The summed E-state index contributed by atoms with van der Waals surface area (Å²) in [5.74, 6) is 0. The highest BCUT2D eigenvalue weighted by Crippen LogP contribution is 2.17. The molecule has 0 radical (unpaired) electrons. The molecular weight excluding hydrogens is 315 g/mol. The van der Waals surface area contributed by atoms with Gasteiger partial charge in [0.1, 0.15) is 0 Å². The van der Waals surface area contributed by atoms with Gasteiger partial charge in [-0.2, -0.15) is 0 Å². The van der Waals surface area contributed by atoms with Gasteiger partial charge in [-0.25, -0.2) is 0 Å². The molecule has 0 atom stereocenters. The lowest BCUT2D eigenvalue weighted by molar-refractivity contribution is 0.151. The van der Waals surface area contributed by atoms with E-state index in [1.807, 2.05) is 20.0 Å². The summed E-state index contributed by atoms with van der Waals surface area (Å²) in [5, 5.41) is 0. The summed E-state index contributed by atoms with van der Waals surface area (Å²) in [7, 11) is -2.28. The number of halogens is 1. The highest BCUT2D eigenvalue weighted by atomic mass is 28.4. The van der Waals surface area contributed by atoms with Crippen molar-refractivity contribution in [2.24, 2.45) is 0 Å². The third-order valence-corrected chi connectivity index (χ3v) is 5.95. The van der Waals surface area contributed by atoms with Crippen LogP contribution in [0.25, 0.3) is 0 Å². The summed E-state index contributed by atoms with van der Waals surface area (Å²) in [4.78, 5) is 0. The topological polar surface area (TPSA) is 9.23 Å². The van der Waals surface area contributed by atoms with Gasteiger partial charge in [-0.1, -0.05) is 89.2 Å². The minimum absolute atomic E-state index is 0.718. The Morgan fingerprint density at radius 2 is 1.12 bits per heavy atom. The maximum absolute atomic E-state index is 13.4. The van der Waals surface area contributed by atoms with Crippen LogP contribution in [0.4, 0.5) is 4.11 Å². The zero-order chi connectivity index (χ0) is 18.1. The van der Waals surface area contributed by atoms with E-state index < -0.39 is 8.41 Å². The Morgan fingerprint density at radius 3 is 1.50 bits per heavy atom. The molecule has 0 heterocycles. The fraction of sp³-hybridized carbons (Fsp3) is 0.905. The van der Waals surface area contributed by atoms with E-state index >= 15 is 0 Å². The monoisotopic (exact) mass is 358 g/mol. The van der Waals surface area contributed by atoms with Crippen LogP contribution in [0.15, 0.2) is 12.2 Å². The van der Waals surface area contributed by atoms with Gasteiger partial charge in [0, 0.05) is 6.61 Å². The SMILES string of the molecule is C=C(C)COCCCCCCCCCCCCCCC[Si](C)(C)F. The van der Waals surface area contributed by atoms with Crippen molar-refractivity contribution in [3.63, 3.8) is 0 Å². The molecule has 0 N–H and O–H groups in total. The quantitative estimate of drug-likeness (QED) is 0.105. The van der Waals surface area contributed by atoms with Gasteiger partial charge in [0.2, 0.25) is 8.41 Å². The molecule has 0 aromatic heterocycles. The van der Waals surface area contributed by atoms with Gasteiger partial charge in [0.15, 0.2) is 0 Å². The number of hydrogen-bond donors (Lipinski definition) is 0. The van der Waals surface area contributed by atoms with Crippen LogP contribution < -0.4 is 0 Å². The fourth-order valence-electron chi connectivity index (χ4n) is 2.94. The van der Waals surface area contributed by atoms with E-state index in [0.717, 1.165) is 31.3 Å². The van der Waals surface area contributed by atoms with Crippen molar-refractivity contribution in [2.75, 3.05) is 13.2 Å². The Labute approximate surface area is 152 Å². The number of hydrogen-bond acceptors (Lipinski definition) is 1. The standard InChI is InChI=1S/C21H43FOSi/c1-21(2)20-23-18-16-14-12-10-8-6-5-7-9-11-13-15-17-19-24(3,4)22/h1,5-20H2,2-4H3. The average Bonchev–Trinajstić information content (AvgIpc) is 2.49. The van der Waals surface area contributed by atoms with Crippen molar-refractivity contribution in [1.82, 2.24) is 0 Å². The number of rotatable bonds is 18. The zero-order valence-electron chi connectivity index (χ0n) is 16.8. The first-order valence-corrected chi connectivity index (χ1v) is 13.4. The van der Waals surface area contributed by atoms with Crippen LogP contribution in [-0.2, 0) is 4.74 Å². The highest BCUT2D eigenvalue weighted by molar-refractivity contribution is 6.70. The molecule has 144 valence electrons. The molecule has 24 heavy (non-hydrogen) atoms. The van der Waals surface area contributed by atoms with E-state index in [1.165, 1.54) is 77.0 Å². The lowest BCUT2D eigenvalue weighted by Gasteiger charge is -2.09. The minimum Gasteiger partial charge on any atom is -0.377 e. The molecule has 0 rings (SSSR count). The van der Waals surface area contributed by atoms with Crippen LogP contribution in [0, 0.1) is 0 Å². The second kappa shape index (κ2) is 16.3. The maximum atomic E-state index is 13.4. The minimum atomic E-state index is -2.28. The summed E-state index contributed by atoms with van der Waals surface area (Å²) < 4.78 is 18.9. The van der Waals surface area contributed by atoms with Gasteiger partial charge in [-0.15, -0.1) is 0 Å². The molecule has 0 spiro atoms. The van der Waals surface area contributed by atoms with Crippen molar-refractivity contribution in [1.29, 1.82) is 0 Å². The largest absolute Gasteiger partial charge is 0.377 e. The smallest absolute Gasteiger partial charge is 0.240 e. The van der Waals surface area contributed by atoms with E-state index in [1.54, 1.807) is 0 Å². The fourth-order valence-corrected chi connectivity index (χ4v) is 4.03. The molecule has 0 aliphatic carbocycles. The predicted molar refractivity (Wildman–Crippen MR) is 109 cm³/mol. The van der Waals surface area contributed by atoms with Gasteiger partial charge in [0.05, 0.1) is 6.61 Å². The summed E-state index contributed by atoms with van der Waals surface area (Å²) in [6, 6.07) is 0.854. The summed E-state index contributed by atoms with van der Waals surface area (Å²) in [6.45, 7) is 11.1. The van der Waals surface area contributed by atoms with Crippen molar-refractivity contribution in [2.45, 2.75) is 110 Å². The molecule has 0 saturated carbocycles. The molecule has 0 amide bonds. The van der Waals surface area contributed by atoms with Crippen molar-refractivity contribution in [3.05, 3.63) is 12.2 Å². The molecular formula is C21H43FOSi. The Morgan fingerprint density at radius 1 is 0.750 bits per heavy atom. The van der Waals surface area contributed by atoms with Gasteiger partial charge in [-0.3, -0.25) is 0 Å². The third kappa shape index (κ3) is 21.8. The molecule has 0 aliphatic rings. The van der Waals surface area contributed by atoms with E-state index in [0.29, 0.717) is 0 Å². The molecule has 3 heteroatoms. The third-order valence-electron chi connectivity index (χ3n) is 4.41. The molecule has 0 aliphatic heterocycles. The first kappa shape index (κ1) is 23.8. The summed E-state index contributed by atoms with van der Waals surface area (Å²) in [6.07, 6.45) is 17.1. The van der Waals surface area contributed by atoms with E-state index in [9.17, 15) is 4.11 Å². The summed E-state index contributed by atoms with van der Waals surface area (Å²) >= 11 is 0. The van der Waals surface area contributed by atoms with Crippen LogP contribution in [0.5, 0.6) is 0 Å². The van der Waals surface area contributed by atoms with Crippen molar-refractivity contribution in [3.8, 4) is 0 Å². The Hall–Kier alpha value is -0.153. The highest BCUT2D eigenvalue weighted by Gasteiger charge is 2.18. The van der Waals surface area contributed by atoms with Crippen molar-refractivity contribution < 1.29 is 8.84 Å². The molecule has 1 nitrogen and oxygen atoms in total. The van der Waals surface area contributed by atoms with Gasteiger partial charge >= 0.3 is 0 Å². The molecule has 0 saturated heterocycles. The second-order valence-corrected chi connectivity index (χ2v) is 12.0. The number of unbranched alkanes of at least 4 members (excludes halogenated alkanes) is 12. The normalized spacial score (nSPS) is 11.8. The van der Waals surface area contributed by atoms with Gasteiger partial charge < -0.3 is 8.84 Å². The van der Waals surface area contributed by atoms with Crippen LogP contribution in [-0.4, -0.2) is 21.6 Å². The van der Waals surface area contributed by atoms with Crippen LogP contribution in [0.1, 0.15) is 90.4 Å². The van der Waals surface area contributed by atoms with Crippen LogP contribution >= 0.6 is 0 Å². The molecule has 0 aromatic carbocycles. The first-order valence-electron chi connectivity index (χ1n) is 10.3. The second-order valence-electron chi connectivity index (χ2n) is 8.07. The number of ether oxygens (including phenoxy) is 1. The molecule has 0 fully saturated rings. The average molecular weight is 359 g/mol. The summed E-state index contributed by atoms with van der Waals surface area (Å²) in [5.41, 5.74) is 1.11. The van der Waals surface area contributed by atoms with E-state index in [4.69, 9.17) is 4.74 Å². The maximum Gasteiger partial charge on any atom is 0.240 e. The van der Waals surface area contributed by atoms with Crippen LogP contribution in [0.2, 0.25) is 19.1 Å². The first-order chi connectivity index (χ1) is 11.4. The Kier molecular flexibility index (Phi) is 16.2. The van der Waals surface area contributed by atoms with Crippen LogP contribution in [0.3, 0.4) is 0 Å². The predicted octanol–water partition coefficient (Wildman–Crippen LogP) is 7.83.